The predicted octanol–water partition coefficient (Wildman–Crippen LogP) is 2.38. The minimum atomic E-state index is -1.50. The summed E-state index contributed by atoms with van der Waals surface area (Å²) in [6.07, 6.45) is 0.986. The van der Waals surface area contributed by atoms with Gasteiger partial charge in [0.25, 0.3) is 0 Å². The molecule has 0 aromatic heterocycles. The zero-order valence-electron chi connectivity index (χ0n) is 7.55. The van der Waals surface area contributed by atoms with E-state index in [-0.39, 0.29) is 6.42 Å². The molecule has 0 aliphatic heterocycles. The molecule has 0 saturated heterocycles. The molecule has 0 aliphatic carbocycles. The summed E-state index contributed by atoms with van der Waals surface area (Å²) in [7, 11) is -1.50. The molecule has 12 heavy (non-hydrogen) atoms. The first kappa shape index (κ1) is 11.2. The van der Waals surface area contributed by atoms with Crippen LogP contribution < -0.4 is 0 Å². The fourth-order valence-corrected chi connectivity index (χ4v) is 2.42. The van der Waals surface area contributed by atoms with Gasteiger partial charge in [0, 0.05) is 6.42 Å². The second kappa shape index (κ2) is 4.93. The van der Waals surface area contributed by atoms with E-state index in [1.54, 1.807) is 0 Å². The topological polar surface area (TPSA) is 37.3 Å². The Bertz CT molecular complexity index is 179. The third-order valence-electron chi connectivity index (χ3n) is 2.04. The second-order valence-corrected chi connectivity index (χ2v) is 7.49. The summed E-state index contributed by atoms with van der Waals surface area (Å²) >= 11 is 0. The van der Waals surface area contributed by atoms with Crippen molar-refractivity contribution in [3.05, 3.63) is 24.6 Å². The summed E-state index contributed by atoms with van der Waals surface area (Å²) in [5.41, 5.74) is 3.89. The van der Waals surface area contributed by atoms with Gasteiger partial charge in [-0.3, -0.25) is 4.79 Å². The molecule has 68 valence electrons. The molecule has 2 nitrogen and oxygen atoms in total. The van der Waals surface area contributed by atoms with Gasteiger partial charge in [-0.2, -0.15) is 0 Å². The van der Waals surface area contributed by atoms with Crippen LogP contribution in [0.5, 0.6) is 0 Å². The number of hydrogen-bond donors (Lipinski definition) is 1. The first-order valence-electron chi connectivity index (χ1n) is 4.03. The lowest BCUT2D eigenvalue weighted by molar-refractivity contribution is -0.137. The van der Waals surface area contributed by atoms with Crippen LogP contribution in [0.2, 0.25) is 12.6 Å². The van der Waals surface area contributed by atoms with Gasteiger partial charge in [0.1, 0.15) is 0 Å². The van der Waals surface area contributed by atoms with Crippen molar-refractivity contribution >= 4 is 14.0 Å². The van der Waals surface area contributed by atoms with E-state index in [4.69, 9.17) is 5.11 Å². The van der Waals surface area contributed by atoms with E-state index in [1.807, 2.05) is 11.4 Å². The Balaban J connectivity index is 3.81. The Morgan fingerprint density at radius 2 is 2.00 bits per heavy atom. The van der Waals surface area contributed by atoms with E-state index in [0.717, 1.165) is 12.5 Å². The Kier molecular flexibility index (Phi) is 4.59. The molecular formula is C9H16O2Si. The second-order valence-electron chi connectivity index (χ2n) is 3.16. The maximum Gasteiger partial charge on any atom is 0.303 e. The van der Waals surface area contributed by atoms with Crippen LogP contribution in [-0.4, -0.2) is 19.1 Å². The van der Waals surface area contributed by atoms with Gasteiger partial charge in [0.2, 0.25) is 0 Å². The van der Waals surface area contributed by atoms with Crippen LogP contribution in [0.25, 0.3) is 0 Å². The standard InChI is InChI=1S/C9H16O2Si/c1-4-12(3,5-2)8-6-7-9(10)11/h4-5H,1-2,6-8H2,3H3,(H,10,11). The van der Waals surface area contributed by atoms with Gasteiger partial charge < -0.3 is 5.11 Å². The van der Waals surface area contributed by atoms with Crippen molar-refractivity contribution in [2.24, 2.45) is 0 Å². The van der Waals surface area contributed by atoms with Gasteiger partial charge in [-0.05, 0) is 6.42 Å². The highest BCUT2D eigenvalue weighted by atomic mass is 28.3. The van der Waals surface area contributed by atoms with E-state index in [2.05, 4.69) is 19.7 Å². The Morgan fingerprint density at radius 3 is 2.33 bits per heavy atom. The van der Waals surface area contributed by atoms with Crippen LogP contribution in [0.4, 0.5) is 0 Å². The lowest BCUT2D eigenvalue weighted by Crippen LogP contribution is -2.24. The average molecular weight is 184 g/mol. The molecule has 1 N–H and O–H groups in total. The minimum absolute atomic E-state index is 0.254. The summed E-state index contributed by atoms with van der Waals surface area (Å²) in [4.78, 5) is 10.2. The van der Waals surface area contributed by atoms with Gasteiger partial charge in [-0.15, -0.1) is 13.2 Å². The van der Waals surface area contributed by atoms with Crippen LogP contribution in [-0.2, 0) is 4.79 Å². The first-order chi connectivity index (χ1) is 5.54. The normalized spacial score (nSPS) is 10.8. The van der Waals surface area contributed by atoms with Crippen LogP contribution in [0, 0.1) is 0 Å². The van der Waals surface area contributed by atoms with Crippen molar-refractivity contribution in [3.8, 4) is 0 Å². The number of rotatable bonds is 6. The summed E-state index contributed by atoms with van der Waals surface area (Å²) < 4.78 is 0. The number of hydrogen-bond acceptors (Lipinski definition) is 1. The van der Waals surface area contributed by atoms with Crippen molar-refractivity contribution in [1.29, 1.82) is 0 Å². The number of carbonyl (C=O) groups is 1. The van der Waals surface area contributed by atoms with Crippen molar-refractivity contribution in [2.45, 2.75) is 25.4 Å². The van der Waals surface area contributed by atoms with E-state index in [1.165, 1.54) is 0 Å². The third-order valence-corrected chi connectivity index (χ3v) is 5.33. The van der Waals surface area contributed by atoms with E-state index >= 15 is 0 Å². The molecule has 0 saturated carbocycles. The quantitative estimate of drug-likeness (QED) is 0.643. The fourth-order valence-electron chi connectivity index (χ4n) is 0.908. The molecule has 0 unspecified atom stereocenters. The monoisotopic (exact) mass is 184 g/mol. The molecule has 0 aliphatic rings. The van der Waals surface area contributed by atoms with Crippen molar-refractivity contribution < 1.29 is 9.90 Å². The van der Waals surface area contributed by atoms with Crippen molar-refractivity contribution in [1.82, 2.24) is 0 Å². The zero-order chi connectivity index (χ0) is 9.61. The molecule has 0 bridgehead atoms. The molecule has 3 heteroatoms. The van der Waals surface area contributed by atoms with Crippen LogP contribution in [0.1, 0.15) is 12.8 Å². The SMILES string of the molecule is C=C[Si](C)(C=C)CCCC(=O)O. The molecule has 0 spiro atoms. The molecule has 0 amide bonds. The van der Waals surface area contributed by atoms with Crippen LogP contribution in [0.3, 0.4) is 0 Å². The highest BCUT2D eigenvalue weighted by Gasteiger charge is 2.18. The van der Waals surface area contributed by atoms with Crippen molar-refractivity contribution in [3.63, 3.8) is 0 Å². The lowest BCUT2D eigenvalue weighted by Gasteiger charge is -2.16. The van der Waals surface area contributed by atoms with Crippen LogP contribution in [0.15, 0.2) is 24.6 Å². The van der Waals surface area contributed by atoms with Gasteiger partial charge in [0.05, 0.1) is 8.07 Å². The highest BCUT2D eigenvalue weighted by molar-refractivity contribution is 6.87. The van der Waals surface area contributed by atoms with Gasteiger partial charge >= 0.3 is 5.97 Å². The first-order valence-corrected chi connectivity index (χ1v) is 6.89. The molecule has 0 fully saturated rings. The fraction of sp³-hybridized carbons (Fsp3) is 0.444. The summed E-state index contributed by atoms with van der Waals surface area (Å²) in [5.74, 6) is -0.723. The molecular weight excluding hydrogens is 168 g/mol. The molecule has 0 radical (unpaired) electrons. The third kappa shape index (κ3) is 4.13. The number of carboxylic acids is 1. The smallest absolute Gasteiger partial charge is 0.303 e. The van der Waals surface area contributed by atoms with E-state index < -0.39 is 14.0 Å². The summed E-state index contributed by atoms with van der Waals surface area (Å²) in [6.45, 7) is 9.62. The van der Waals surface area contributed by atoms with Crippen LogP contribution >= 0.6 is 0 Å². The average Bonchev–Trinajstić information content (AvgIpc) is 2.03. The maximum atomic E-state index is 10.2. The van der Waals surface area contributed by atoms with Gasteiger partial charge in [0.15, 0.2) is 0 Å². The summed E-state index contributed by atoms with van der Waals surface area (Å²) in [6, 6.07) is 0.937. The molecule has 0 aromatic rings. The highest BCUT2D eigenvalue weighted by Crippen LogP contribution is 2.15. The Hall–Kier alpha value is -0.833. The Morgan fingerprint density at radius 1 is 1.50 bits per heavy atom. The number of carboxylic acid groups (broad SMARTS) is 1. The molecule has 0 rings (SSSR count). The van der Waals surface area contributed by atoms with E-state index in [0.29, 0.717) is 0 Å². The van der Waals surface area contributed by atoms with Gasteiger partial charge in [-0.1, -0.05) is 24.0 Å². The maximum absolute atomic E-state index is 10.2. The molecule has 0 heterocycles. The predicted molar refractivity (Wildman–Crippen MR) is 53.7 cm³/mol. The minimum Gasteiger partial charge on any atom is -0.481 e. The van der Waals surface area contributed by atoms with Crippen molar-refractivity contribution in [2.75, 3.05) is 0 Å². The largest absolute Gasteiger partial charge is 0.481 e. The zero-order valence-corrected chi connectivity index (χ0v) is 8.55. The Labute approximate surface area is 74.6 Å². The molecule has 0 aromatic carbocycles. The molecule has 0 atom stereocenters. The number of aliphatic carboxylic acids is 1. The summed E-state index contributed by atoms with van der Waals surface area (Å²) in [5, 5.41) is 8.42. The lowest BCUT2D eigenvalue weighted by atomic mass is 10.3. The van der Waals surface area contributed by atoms with Gasteiger partial charge in [-0.25, -0.2) is 0 Å². The van der Waals surface area contributed by atoms with E-state index in [9.17, 15) is 4.79 Å².